The first-order chi connectivity index (χ1) is 10.6. The number of aryl methyl sites for hydroxylation is 2. The molecule has 1 unspecified atom stereocenters. The third-order valence-corrected chi connectivity index (χ3v) is 4.54. The Labute approximate surface area is 131 Å². The SMILES string of the molecule is Cc1cccc(CCC(=O)NCC2CC(=O)N(C3CC3)C2)c1. The van der Waals surface area contributed by atoms with E-state index >= 15 is 0 Å². The summed E-state index contributed by atoms with van der Waals surface area (Å²) in [5.74, 6) is 0.636. The van der Waals surface area contributed by atoms with E-state index in [-0.39, 0.29) is 17.7 Å². The van der Waals surface area contributed by atoms with Gasteiger partial charge in [0.1, 0.15) is 0 Å². The molecule has 2 aliphatic rings. The second-order valence-corrected chi connectivity index (χ2v) is 6.64. The summed E-state index contributed by atoms with van der Waals surface area (Å²) in [7, 11) is 0. The van der Waals surface area contributed by atoms with Crippen molar-refractivity contribution in [3.05, 3.63) is 35.4 Å². The minimum Gasteiger partial charge on any atom is -0.356 e. The van der Waals surface area contributed by atoms with Crippen molar-refractivity contribution in [3.63, 3.8) is 0 Å². The second kappa shape index (κ2) is 6.51. The number of rotatable bonds is 6. The lowest BCUT2D eigenvalue weighted by Gasteiger charge is -2.15. The van der Waals surface area contributed by atoms with E-state index in [4.69, 9.17) is 0 Å². The molecule has 1 heterocycles. The van der Waals surface area contributed by atoms with Crippen LogP contribution < -0.4 is 5.32 Å². The first kappa shape index (κ1) is 15.1. The fourth-order valence-electron chi connectivity index (χ4n) is 3.16. The van der Waals surface area contributed by atoms with Gasteiger partial charge in [0.2, 0.25) is 11.8 Å². The van der Waals surface area contributed by atoms with Gasteiger partial charge in [0, 0.05) is 37.9 Å². The second-order valence-electron chi connectivity index (χ2n) is 6.64. The third-order valence-electron chi connectivity index (χ3n) is 4.54. The Bertz CT molecular complexity index is 566. The number of carbonyl (C=O) groups is 2. The van der Waals surface area contributed by atoms with Crippen LogP contribution in [0.15, 0.2) is 24.3 Å². The van der Waals surface area contributed by atoms with Gasteiger partial charge < -0.3 is 10.2 Å². The van der Waals surface area contributed by atoms with Gasteiger partial charge in [-0.05, 0) is 31.7 Å². The van der Waals surface area contributed by atoms with Gasteiger partial charge in [-0.15, -0.1) is 0 Å². The summed E-state index contributed by atoms with van der Waals surface area (Å²) in [6.45, 7) is 3.51. The quantitative estimate of drug-likeness (QED) is 0.874. The van der Waals surface area contributed by atoms with Crippen LogP contribution >= 0.6 is 0 Å². The molecular weight excluding hydrogens is 276 g/mol. The van der Waals surface area contributed by atoms with Crippen molar-refractivity contribution in [2.24, 2.45) is 5.92 Å². The van der Waals surface area contributed by atoms with Gasteiger partial charge >= 0.3 is 0 Å². The van der Waals surface area contributed by atoms with Gasteiger partial charge in [0.05, 0.1) is 0 Å². The maximum absolute atomic E-state index is 12.0. The number of nitrogens with one attached hydrogen (secondary N) is 1. The lowest BCUT2D eigenvalue weighted by molar-refractivity contribution is -0.128. The Kier molecular flexibility index (Phi) is 4.46. The molecule has 1 saturated heterocycles. The van der Waals surface area contributed by atoms with E-state index in [2.05, 4.69) is 30.4 Å². The summed E-state index contributed by atoms with van der Waals surface area (Å²) in [5.41, 5.74) is 2.42. The Morgan fingerprint density at radius 3 is 2.91 bits per heavy atom. The van der Waals surface area contributed by atoms with Crippen LogP contribution in [0, 0.1) is 12.8 Å². The van der Waals surface area contributed by atoms with Gasteiger partial charge in [-0.25, -0.2) is 0 Å². The minimum absolute atomic E-state index is 0.0822. The molecule has 2 amide bonds. The average molecular weight is 300 g/mol. The van der Waals surface area contributed by atoms with E-state index in [0.717, 1.165) is 25.8 Å². The van der Waals surface area contributed by atoms with Crippen molar-refractivity contribution in [1.29, 1.82) is 0 Å². The summed E-state index contributed by atoms with van der Waals surface area (Å²) in [5, 5.41) is 2.99. The standard InChI is InChI=1S/C18H24N2O2/c1-13-3-2-4-14(9-13)5-8-17(21)19-11-15-10-18(22)20(12-15)16-6-7-16/h2-4,9,15-16H,5-8,10-12H2,1H3,(H,19,21). The molecule has 1 aliphatic heterocycles. The number of carbonyl (C=O) groups excluding carboxylic acids is 2. The van der Waals surface area contributed by atoms with Gasteiger partial charge in [-0.1, -0.05) is 29.8 Å². The number of hydrogen-bond acceptors (Lipinski definition) is 2. The molecule has 1 aromatic rings. The Balaban J connectivity index is 1.38. The molecule has 22 heavy (non-hydrogen) atoms. The predicted molar refractivity (Wildman–Crippen MR) is 85.4 cm³/mol. The molecule has 4 heteroatoms. The zero-order chi connectivity index (χ0) is 15.5. The lowest BCUT2D eigenvalue weighted by Crippen LogP contribution is -2.32. The van der Waals surface area contributed by atoms with E-state index in [1.807, 2.05) is 11.0 Å². The number of benzene rings is 1. The van der Waals surface area contributed by atoms with Gasteiger partial charge in [0.25, 0.3) is 0 Å². The van der Waals surface area contributed by atoms with Gasteiger partial charge in [0.15, 0.2) is 0 Å². The highest BCUT2D eigenvalue weighted by molar-refractivity contribution is 5.80. The van der Waals surface area contributed by atoms with E-state index < -0.39 is 0 Å². The molecule has 0 bridgehead atoms. The van der Waals surface area contributed by atoms with Gasteiger partial charge in [-0.2, -0.15) is 0 Å². The van der Waals surface area contributed by atoms with Crippen molar-refractivity contribution >= 4 is 11.8 Å². The van der Waals surface area contributed by atoms with Crippen molar-refractivity contribution in [2.75, 3.05) is 13.1 Å². The van der Waals surface area contributed by atoms with Crippen LogP contribution in [0.1, 0.15) is 36.8 Å². The Morgan fingerprint density at radius 1 is 1.36 bits per heavy atom. The largest absolute Gasteiger partial charge is 0.356 e. The highest BCUT2D eigenvalue weighted by Crippen LogP contribution is 2.32. The lowest BCUT2D eigenvalue weighted by atomic mass is 10.1. The summed E-state index contributed by atoms with van der Waals surface area (Å²) >= 11 is 0. The zero-order valence-electron chi connectivity index (χ0n) is 13.2. The van der Waals surface area contributed by atoms with Crippen LogP contribution in [0.3, 0.4) is 0 Å². The molecule has 0 spiro atoms. The van der Waals surface area contributed by atoms with Crippen molar-refractivity contribution in [3.8, 4) is 0 Å². The first-order valence-corrected chi connectivity index (χ1v) is 8.23. The molecule has 2 fully saturated rings. The molecule has 3 rings (SSSR count). The topological polar surface area (TPSA) is 49.4 Å². The average Bonchev–Trinajstić information content (AvgIpc) is 3.26. The molecular formula is C18H24N2O2. The molecule has 1 atom stereocenters. The van der Waals surface area contributed by atoms with Crippen molar-refractivity contribution in [1.82, 2.24) is 10.2 Å². The molecule has 4 nitrogen and oxygen atoms in total. The maximum Gasteiger partial charge on any atom is 0.223 e. The molecule has 0 aromatic heterocycles. The van der Waals surface area contributed by atoms with Crippen LogP contribution in [-0.2, 0) is 16.0 Å². The molecule has 0 radical (unpaired) electrons. The summed E-state index contributed by atoms with van der Waals surface area (Å²) in [6, 6.07) is 8.76. The summed E-state index contributed by atoms with van der Waals surface area (Å²) < 4.78 is 0. The Hall–Kier alpha value is -1.84. The third kappa shape index (κ3) is 3.87. The molecule has 118 valence electrons. The van der Waals surface area contributed by atoms with E-state index in [1.165, 1.54) is 11.1 Å². The monoisotopic (exact) mass is 300 g/mol. The maximum atomic E-state index is 12.0. The van der Waals surface area contributed by atoms with E-state index in [0.29, 0.717) is 25.4 Å². The smallest absolute Gasteiger partial charge is 0.223 e. The minimum atomic E-state index is 0.0822. The molecule has 1 aromatic carbocycles. The number of nitrogens with zero attached hydrogens (tertiary/aromatic N) is 1. The van der Waals surface area contributed by atoms with Crippen LogP contribution in [-0.4, -0.2) is 35.8 Å². The van der Waals surface area contributed by atoms with Crippen molar-refractivity contribution in [2.45, 2.75) is 45.1 Å². The number of likely N-dealkylation sites (tertiary alicyclic amines) is 1. The van der Waals surface area contributed by atoms with Crippen molar-refractivity contribution < 1.29 is 9.59 Å². The summed E-state index contributed by atoms with van der Waals surface area (Å²) in [4.78, 5) is 25.8. The first-order valence-electron chi connectivity index (χ1n) is 8.23. The molecule has 1 N–H and O–H groups in total. The van der Waals surface area contributed by atoms with Crippen LogP contribution in [0.5, 0.6) is 0 Å². The fourth-order valence-corrected chi connectivity index (χ4v) is 3.16. The Morgan fingerprint density at radius 2 is 2.18 bits per heavy atom. The number of amides is 2. The number of hydrogen-bond donors (Lipinski definition) is 1. The highest BCUT2D eigenvalue weighted by Gasteiger charge is 2.39. The highest BCUT2D eigenvalue weighted by atomic mass is 16.2. The molecule has 1 aliphatic carbocycles. The summed E-state index contributed by atoms with van der Waals surface area (Å²) in [6.07, 6.45) is 4.18. The van der Waals surface area contributed by atoms with E-state index in [1.54, 1.807) is 0 Å². The van der Waals surface area contributed by atoms with Gasteiger partial charge in [-0.3, -0.25) is 9.59 Å². The normalized spacial score (nSPS) is 21.2. The fraction of sp³-hybridized carbons (Fsp3) is 0.556. The zero-order valence-corrected chi connectivity index (χ0v) is 13.2. The van der Waals surface area contributed by atoms with Crippen LogP contribution in [0.2, 0.25) is 0 Å². The van der Waals surface area contributed by atoms with E-state index in [9.17, 15) is 9.59 Å². The van der Waals surface area contributed by atoms with Crippen LogP contribution in [0.4, 0.5) is 0 Å². The molecule has 1 saturated carbocycles. The predicted octanol–water partition coefficient (Wildman–Crippen LogP) is 2.05. The van der Waals surface area contributed by atoms with Crippen LogP contribution in [0.25, 0.3) is 0 Å².